The van der Waals surface area contributed by atoms with E-state index in [9.17, 15) is 10.1 Å². The van der Waals surface area contributed by atoms with Crippen molar-refractivity contribution in [1.82, 2.24) is 4.98 Å². The van der Waals surface area contributed by atoms with Crippen LogP contribution in [0.5, 0.6) is 0 Å². The minimum atomic E-state index is -0.430. The summed E-state index contributed by atoms with van der Waals surface area (Å²) in [5, 5.41) is 16.9. The van der Waals surface area contributed by atoms with Crippen LogP contribution in [0.3, 0.4) is 0 Å². The molecule has 0 aromatic carbocycles. The molecule has 2 aromatic heterocycles. The number of aromatic nitrogens is 1. The average Bonchev–Trinajstić information content (AvgIpc) is 2.92. The number of hydrogen-bond donors (Lipinski definition) is 2. The van der Waals surface area contributed by atoms with Crippen LogP contribution in [0.15, 0.2) is 34.9 Å². The molecule has 0 aliphatic carbocycles. The molecule has 0 aliphatic heterocycles. The number of nitro groups is 1. The molecule has 2 aromatic rings. The summed E-state index contributed by atoms with van der Waals surface area (Å²) in [6, 6.07) is 6.54. The number of hydrogen-bond acceptors (Lipinski definition) is 6. The highest BCUT2D eigenvalue weighted by atomic mass is 16.6. The van der Waals surface area contributed by atoms with Crippen LogP contribution >= 0.6 is 0 Å². The Morgan fingerprint density at radius 2 is 2.10 bits per heavy atom. The van der Waals surface area contributed by atoms with Gasteiger partial charge in [-0.15, -0.1) is 0 Å². The quantitative estimate of drug-likeness (QED) is 0.596. The summed E-state index contributed by atoms with van der Waals surface area (Å²) in [6.07, 6.45) is 2.30. The van der Waals surface area contributed by atoms with Gasteiger partial charge in [-0.25, -0.2) is 4.98 Å². The molecule has 7 nitrogen and oxygen atoms in total. The van der Waals surface area contributed by atoms with Gasteiger partial charge in [-0.2, -0.15) is 0 Å². The lowest BCUT2D eigenvalue weighted by Gasteiger charge is -2.08. The lowest BCUT2D eigenvalue weighted by molar-refractivity contribution is -0.384. The van der Waals surface area contributed by atoms with Crippen molar-refractivity contribution >= 4 is 17.3 Å². The van der Waals surface area contributed by atoms with Crippen molar-refractivity contribution in [2.75, 3.05) is 23.7 Å². The van der Waals surface area contributed by atoms with E-state index in [4.69, 9.17) is 4.42 Å². The Labute approximate surface area is 116 Å². The third-order valence-electron chi connectivity index (χ3n) is 2.64. The molecule has 0 bridgehead atoms. The van der Waals surface area contributed by atoms with Crippen LogP contribution < -0.4 is 10.6 Å². The van der Waals surface area contributed by atoms with Gasteiger partial charge in [0.05, 0.1) is 23.3 Å². The van der Waals surface area contributed by atoms with Crippen LogP contribution in [-0.2, 0) is 6.42 Å². The van der Waals surface area contributed by atoms with Crippen molar-refractivity contribution in [2.24, 2.45) is 0 Å². The van der Waals surface area contributed by atoms with Crippen molar-refractivity contribution in [3.05, 3.63) is 46.4 Å². The highest BCUT2D eigenvalue weighted by Crippen LogP contribution is 2.20. The molecule has 0 unspecified atom stereocenters. The number of anilines is 2. The molecule has 0 fully saturated rings. The number of furan rings is 1. The van der Waals surface area contributed by atoms with E-state index in [-0.39, 0.29) is 5.69 Å². The molecule has 0 saturated heterocycles. The van der Waals surface area contributed by atoms with E-state index < -0.39 is 4.92 Å². The van der Waals surface area contributed by atoms with E-state index in [1.807, 2.05) is 19.1 Å². The van der Waals surface area contributed by atoms with Gasteiger partial charge in [0.25, 0.3) is 5.69 Å². The molecule has 0 aliphatic rings. The van der Waals surface area contributed by atoms with Gasteiger partial charge in [0.1, 0.15) is 17.4 Å². The molecular formula is C13H16N4O3. The first-order valence-corrected chi connectivity index (χ1v) is 6.35. The summed E-state index contributed by atoms with van der Waals surface area (Å²) in [5.74, 6) is 1.82. The van der Waals surface area contributed by atoms with Gasteiger partial charge >= 0.3 is 0 Å². The topological polar surface area (TPSA) is 93.2 Å². The van der Waals surface area contributed by atoms with Crippen molar-refractivity contribution in [1.29, 1.82) is 0 Å². The molecule has 0 spiro atoms. The third kappa shape index (κ3) is 3.71. The number of rotatable bonds is 7. The molecule has 2 heterocycles. The first kappa shape index (κ1) is 13.9. The Balaban J connectivity index is 2.03. The van der Waals surface area contributed by atoms with Crippen LogP contribution in [0.2, 0.25) is 0 Å². The molecule has 2 N–H and O–H groups in total. The maximum Gasteiger partial charge on any atom is 0.276 e. The second-order valence-electron chi connectivity index (χ2n) is 4.14. The van der Waals surface area contributed by atoms with Gasteiger partial charge in [0.15, 0.2) is 0 Å². The molecule has 7 heteroatoms. The Morgan fingerprint density at radius 3 is 2.70 bits per heavy atom. The van der Waals surface area contributed by atoms with Gasteiger partial charge in [0, 0.05) is 19.5 Å². The maximum absolute atomic E-state index is 10.9. The maximum atomic E-state index is 10.9. The van der Waals surface area contributed by atoms with E-state index in [0.29, 0.717) is 31.1 Å². The Morgan fingerprint density at radius 1 is 1.35 bits per heavy atom. The predicted octanol–water partition coefficient (Wildman–Crippen LogP) is 2.67. The van der Waals surface area contributed by atoms with Crippen LogP contribution in [0.1, 0.15) is 12.7 Å². The van der Waals surface area contributed by atoms with Crippen LogP contribution in [0.4, 0.5) is 17.3 Å². The highest BCUT2D eigenvalue weighted by Gasteiger charge is 2.10. The SMILES string of the molecule is CCNc1cc([N+](=O)[O-])cc(NCCc2ccco2)n1. The van der Waals surface area contributed by atoms with Crippen LogP contribution in [-0.4, -0.2) is 23.0 Å². The van der Waals surface area contributed by atoms with E-state index >= 15 is 0 Å². The fraction of sp³-hybridized carbons (Fsp3) is 0.308. The van der Waals surface area contributed by atoms with Crippen LogP contribution in [0.25, 0.3) is 0 Å². The van der Waals surface area contributed by atoms with Crippen molar-refractivity contribution < 1.29 is 9.34 Å². The summed E-state index contributed by atoms with van der Waals surface area (Å²) in [6.45, 7) is 3.15. The summed E-state index contributed by atoms with van der Waals surface area (Å²) < 4.78 is 5.21. The smallest absolute Gasteiger partial charge is 0.276 e. The predicted molar refractivity (Wildman–Crippen MR) is 76.0 cm³/mol. The summed E-state index contributed by atoms with van der Waals surface area (Å²) in [4.78, 5) is 14.7. The highest BCUT2D eigenvalue weighted by molar-refractivity contribution is 5.54. The molecule has 0 radical (unpaired) electrons. The van der Waals surface area contributed by atoms with Gasteiger partial charge in [-0.1, -0.05) is 0 Å². The average molecular weight is 276 g/mol. The Kier molecular flexibility index (Phi) is 4.54. The summed E-state index contributed by atoms with van der Waals surface area (Å²) >= 11 is 0. The molecule has 0 amide bonds. The van der Waals surface area contributed by atoms with E-state index in [1.165, 1.54) is 12.1 Å². The largest absolute Gasteiger partial charge is 0.469 e. The zero-order valence-electron chi connectivity index (χ0n) is 11.1. The van der Waals surface area contributed by atoms with Gasteiger partial charge in [-0.3, -0.25) is 10.1 Å². The zero-order valence-corrected chi connectivity index (χ0v) is 11.1. The molecule has 0 atom stereocenters. The lowest BCUT2D eigenvalue weighted by atomic mass is 10.3. The normalized spacial score (nSPS) is 10.2. The van der Waals surface area contributed by atoms with Crippen LogP contribution in [0, 0.1) is 10.1 Å². The van der Waals surface area contributed by atoms with Gasteiger partial charge < -0.3 is 15.1 Å². The van der Waals surface area contributed by atoms with Crippen molar-refractivity contribution in [3.63, 3.8) is 0 Å². The fourth-order valence-corrected chi connectivity index (χ4v) is 1.75. The Bertz CT molecular complexity index is 569. The fourth-order valence-electron chi connectivity index (χ4n) is 1.75. The van der Waals surface area contributed by atoms with Gasteiger partial charge in [0.2, 0.25) is 0 Å². The van der Waals surface area contributed by atoms with Gasteiger partial charge in [-0.05, 0) is 19.1 Å². The molecular weight excluding hydrogens is 260 g/mol. The summed E-state index contributed by atoms with van der Waals surface area (Å²) in [5.41, 5.74) is 0.0106. The first-order chi connectivity index (χ1) is 9.69. The molecule has 2 rings (SSSR count). The van der Waals surface area contributed by atoms with Crippen molar-refractivity contribution in [3.8, 4) is 0 Å². The summed E-state index contributed by atoms with van der Waals surface area (Å²) in [7, 11) is 0. The third-order valence-corrected chi connectivity index (χ3v) is 2.64. The first-order valence-electron chi connectivity index (χ1n) is 6.35. The number of pyridine rings is 1. The lowest BCUT2D eigenvalue weighted by Crippen LogP contribution is -2.08. The monoisotopic (exact) mass is 276 g/mol. The second kappa shape index (κ2) is 6.55. The Hall–Kier alpha value is -2.57. The second-order valence-corrected chi connectivity index (χ2v) is 4.14. The minimum absolute atomic E-state index is 0.0106. The number of nitrogens with zero attached hydrogens (tertiary/aromatic N) is 2. The molecule has 20 heavy (non-hydrogen) atoms. The minimum Gasteiger partial charge on any atom is -0.469 e. The van der Waals surface area contributed by atoms with E-state index in [2.05, 4.69) is 15.6 Å². The molecule has 0 saturated carbocycles. The number of nitrogens with one attached hydrogen (secondary N) is 2. The van der Waals surface area contributed by atoms with E-state index in [1.54, 1.807) is 6.26 Å². The van der Waals surface area contributed by atoms with E-state index in [0.717, 1.165) is 5.76 Å². The zero-order chi connectivity index (χ0) is 14.4. The standard InChI is InChI=1S/C13H16N4O3/c1-2-14-12-8-10(17(18)19)9-13(16-12)15-6-5-11-4-3-7-20-11/h3-4,7-9H,2,5-6H2,1H3,(H2,14,15,16). The van der Waals surface area contributed by atoms with Crippen molar-refractivity contribution in [2.45, 2.75) is 13.3 Å². The molecule has 106 valence electrons.